The zero-order chi connectivity index (χ0) is 31.4. The lowest BCUT2D eigenvalue weighted by Gasteiger charge is -2.33. The highest BCUT2D eigenvalue weighted by Gasteiger charge is 2.26. The van der Waals surface area contributed by atoms with E-state index >= 15 is 0 Å². The summed E-state index contributed by atoms with van der Waals surface area (Å²) < 4.78 is 21.8. The predicted octanol–water partition coefficient (Wildman–Crippen LogP) is 7.66. The Kier molecular flexibility index (Phi) is 9.83. The van der Waals surface area contributed by atoms with Crippen LogP contribution in [0.1, 0.15) is 36.8 Å². The summed E-state index contributed by atoms with van der Waals surface area (Å²) >= 11 is 1.33. The Morgan fingerprint density at radius 1 is 1.12 bits per heavy atom. The normalized spacial score (nSPS) is 11.9. The zero-order valence-corrected chi connectivity index (χ0v) is 27.2. The number of ether oxygens (including phenoxy) is 1. The topological polar surface area (TPSA) is 110 Å². The molecule has 9 nitrogen and oxygen atoms in total. The second-order valence-corrected chi connectivity index (χ2v) is 19.0. The average molecular weight is 624 g/mol. The van der Waals surface area contributed by atoms with Crippen LogP contribution in [0, 0.1) is 5.82 Å². The summed E-state index contributed by atoms with van der Waals surface area (Å²) in [6.07, 6.45) is 2.53. The van der Waals surface area contributed by atoms with Crippen LogP contribution in [0.4, 0.5) is 14.9 Å². The quantitative estimate of drug-likeness (QED) is 0.131. The Labute approximate surface area is 256 Å². The van der Waals surface area contributed by atoms with Gasteiger partial charge in [-0.15, -0.1) is 11.3 Å². The van der Waals surface area contributed by atoms with Crippen molar-refractivity contribution in [1.29, 1.82) is 0 Å². The zero-order valence-electron chi connectivity index (χ0n) is 25.3. The van der Waals surface area contributed by atoms with Crippen LogP contribution in [0.3, 0.4) is 0 Å². The number of hydrogen-bond acceptors (Lipinski definition) is 6. The molecule has 2 heterocycles. The molecule has 228 valence electrons. The van der Waals surface area contributed by atoms with Gasteiger partial charge in [0.1, 0.15) is 23.2 Å². The highest BCUT2D eigenvalue weighted by Crippen LogP contribution is 2.31. The van der Waals surface area contributed by atoms with E-state index in [0.29, 0.717) is 35.2 Å². The average Bonchev–Trinajstić information content (AvgIpc) is 3.60. The van der Waals surface area contributed by atoms with Crippen molar-refractivity contribution in [2.24, 2.45) is 0 Å². The van der Waals surface area contributed by atoms with Crippen molar-refractivity contribution in [3.63, 3.8) is 0 Å². The fourth-order valence-corrected chi connectivity index (χ4v) is 5.74. The molecule has 0 bridgehead atoms. The molecule has 2 N–H and O–H groups in total. The van der Waals surface area contributed by atoms with Crippen molar-refractivity contribution in [2.45, 2.75) is 65.3 Å². The lowest BCUT2D eigenvalue weighted by atomic mass is 10.0. The van der Waals surface area contributed by atoms with E-state index < -0.39 is 31.4 Å². The van der Waals surface area contributed by atoms with Gasteiger partial charge in [-0.25, -0.2) is 18.9 Å². The Bertz CT molecular complexity index is 1570. The molecule has 0 fully saturated rings. The Hall–Kier alpha value is -3.87. The molecule has 0 saturated carbocycles. The molecule has 2 amide bonds. The van der Waals surface area contributed by atoms with Crippen molar-refractivity contribution in [1.82, 2.24) is 19.7 Å². The Balaban J connectivity index is 1.44. The number of halogens is 1. The lowest BCUT2D eigenvalue weighted by Crippen LogP contribution is -2.44. The smallest absolute Gasteiger partial charge is 0.408 e. The number of thiazole rings is 1. The molecule has 0 atom stereocenters. The predicted molar refractivity (Wildman–Crippen MR) is 171 cm³/mol. The van der Waals surface area contributed by atoms with Crippen LogP contribution < -0.4 is 5.32 Å². The number of anilines is 1. The fourth-order valence-electron chi connectivity index (χ4n) is 4.21. The number of amides is 2. The van der Waals surface area contributed by atoms with Crippen LogP contribution in [0.5, 0.6) is 0 Å². The number of nitrogens with zero attached hydrogens (tertiary/aromatic N) is 4. The standard InChI is InChI=1S/C31H38FN5O4SSi/c1-31(2,3)37(30(39)40)17-21-7-9-22(10-8-21)25-15-24(32)11-12-26(25)34-28(38)27-19-42-29(35-27)23-16-33-36(18-23)20-41-13-14-43(4,5)6/h7-12,15-16,18-19H,13-14,17,20H2,1-6H3,(H,34,38)(H,39,40). The number of carbonyl (C=O) groups is 2. The van der Waals surface area contributed by atoms with E-state index in [2.05, 4.69) is 35.0 Å². The van der Waals surface area contributed by atoms with Gasteiger partial charge in [-0.1, -0.05) is 43.9 Å². The molecule has 0 spiro atoms. The highest BCUT2D eigenvalue weighted by molar-refractivity contribution is 7.13. The largest absolute Gasteiger partial charge is 0.465 e. The van der Waals surface area contributed by atoms with Crippen molar-refractivity contribution in [3.8, 4) is 21.7 Å². The molecule has 0 saturated heterocycles. The molecule has 2 aromatic heterocycles. The molecule has 0 radical (unpaired) electrons. The van der Waals surface area contributed by atoms with Crippen molar-refractivity contribution < 1.29 is 23.8 Å². The molecule has 4 aromatic rings. The molecular weight excluding hydrogens is 586 g/mol. The first-order valence-corrected chi connectivity index (χ1v) is 18.6. The number of carbonyl (C=O) groups excluding carboxylic acids is 1. The second kappa shape index (κ2) is 13.2. The van der Waals surface area contributed by atoms with Gasteiger partial charge >= 0.3 is 6.09 Å². The minimum Gasteiger partial charge on any atom is -0.465 e. The maximum absolute atomic E-state index is 14.3. The first kappa shape index (κ1) is 32.0. The van der Waals surface area contributed by atoms with Crippen molar-refractivity contribution in [3.05, 3.63) is 77.3 Å². The number of hydrogen-bond donors (Lipinski definition) is 2. The number of rotatable bonds is 11. The summed E-state index contributed by atoms with van der Waals surface area (Å²) in [5, 5.41) is 19.1. The molecule has 0 unspecified atom stereocenters. The molecule has 43 heavy (non-hydrogen) atoms. The van der Waals surface area contributed by atoms with E-state index in [-0.39, 0.29) is 12.2 Å². The van der Waals surface area contributed by atoms with Crippen LogP contribution in [-0.4, -0.2) is 57.0 Å². The minimum atomic E-state index is -1.16. The molecule has 2 aromatic carbocycles. The van der Waals surface area contributed by atoms with Gasteiger partial charge < -0.3 is 15.2 Å². The maximum Gasteiger partial charge on any atom is 0.408 e. The van der Waals surface area contributed by atoms with E-state index in [9.17, 15) is 19.1 Å². The molecule has 0 aliphatic rings. The van der Waals surface area contributed by atoms with Crippen LogP contribution >= 0.6 is 11.3 Å². The molecule has 0 aliphatic carbocycles. The monoisotopic (exact) mass is 623 g/mol. The van der Waals surface area contributed by atoms with Crippen molar-refractivity contribution in [2.75, 3.05) is 11.9 Å². The summed E-state index contributed by atoms with van der Waals surface area (Å²) in [6, 6.07) is 12.4. The minimum absolute atomic E-state index is 0.211. The fraction of sp³-hybridized carbons (Fsp3) is 0.355. The molecule has 12 heteroatoms. The third-order valence-electron chi connectivity index (χ3n) is 6.71. The van der Waals surface area contributed by atoms with Gasteiger partial charge in [0, 0.05) is 55.2 Å². The maximum atomic E-state index is 14.3. The summed E-state index contributed by atoms with van der Waals surface area (Å²) in [5.74, 6) is -0.865. The summed E-state index contributed by atoms with van der Waals surface area (Å²) in [4.78, 5) is 30.7. The highest BCUT2D eigenvalue weighted by atomic mass is 32.1. The third-order valence-corrected chi connectivity index (χ3v) is 9.31. The van der Waals surface area contributed by atoms with Gasteiger partial charge in [0.2, 0.25) is 0 Å². The second-order valence-electron chi connectivity index (χ2n) is 12.5. The van der Waals surface area contributed by atoms with E-state index in [1.807, 2.05) is 27.0 Å². The first-order chi connectivity index (χ1) is 20.2. The van der Waals surface area contributed by atoms with E-state index in [1.54, 1.807) is 40.5 Å². The molecule has 0 aliphatic heterocycles. The summed E-state index contributed by atoms with van der Waals surface area (Å²) in [5.41, 5.74) is 2.85. The summed E-state index contributed by atoms with van der Waals surface area (Å²) in [7, 11) is -1.16. The summed E-state index contributed by atoms with van der Waals surface area (Å²) in [6.45, 7) is 13.7. The van der Waals surface area contributed by atoms with Crippen LogP contribution in [0.15, 0.2) is 60.2 Å². The Morgan fingerprint density at radius 3 is 2.49 bits per heavy atom. The van der Waals surface area contributed by atoms with Crippen LogP contribution in [0.2, 0.25) is 25.7 Å². The third kappa shape index (κ3) is 8.82. The lowest BCUT2D eigenvalue weighted by molar-refractivity contribution is 0.0786. The number of aromatic nitrogens is 3. The van der Waals surface area contributed by atoms with E-state index in [4.69, 9.17) is 4.74 Å². The van der Waals surface area contributed by atoms with Gasteiger partial charge in [-0.2, -0.15) is 5.10 Å². The number of carboxylic acid groups (broad SMARTS) is 1. The van der Waals surface area contributed by atoms with Gasteiger partial charge in [0.15, 0.2) is 0 Å². The molecular formula is C31H38FN5O4SSi. The number of nitrogens with one attached hydrogen (secondary N) is 1. The SMILES string of the molecule is CC(C)(C)N(Cc1ccc(-c2cc(F)ccc2NC(=O)c2csc(-c3cnn(COCC[Si](C)(C)C)c3)n2)cc1)C(=O)O. The van der Waals surface area contributed by atoms with Gasteiger partial charge in [0.05, 0.1) is 6.20 Å². The van der Waals surface area contributed by atoms with Gasteiger partial charge in [-0.05, 0) is 56.1 Å². The Morgan fingerprint density at radius 2 is 1.84 bits per heavy atom. The van der Waals surface area contributed by atoms with E-state index in [1.165, 1.54) is 34.4 Å². The first-order valence-electron chi connectivity index (χ1n) is 14.0. The van der Waals surface area contributed by atoms with Gasteiger partial charge in [0.25, 0.3) is 5.91 Å². The van der Waals surface area contributed by atoms with Crippen LogP contribution in [-0.2, 0) is 18.0 Å². The van der Waals surface area contributed by atoms with Crippen molar-refractivity contribution >= 4 is 37.1 Å². The van der Waals surface area contributed by atoms with Gasteiger partial charge in [-0.3, -0.25) is 9.69 Å². The van der Waals surface area contributed by atoms with Crippen LogP contribution in [0.25, 0.3) is 21.7 Å². The van der Waals surface area contributed by atoms with E-state index in [0.717, 1.165) is 17.2 Å². The molecule has 4 rings (SSSR count). The number of benzene rings is 2.